The van der Waals surface area contributed by atoms with Crippen LogP contribution in [0.3, 0.4) is 0 Å². The third kappa shape index (κ3) is 7.43. The number of halogens is 3. The van der Waals surface area contributed by atoms with Crippen LogP contribution in [0.4, 0.5) is 13.2 Å². The van der Waals surface area contributed by atoms with Gasteiger partial charge in [0.1, 0.15) is 11.6 Å². The number of hydrogen-bond donors (Lipinski definition) is 2. The molecule has 8 nitrogen and oxygen atoms in total. The zero-order valence-electron chi connectivity index (χ0n) is 18.8. The van der Waals surface area contributed by atoms with E-state index in [0.29, 0.717) is 41.9 Å². The number of aromatic nitrogens is 4. The number of carbonyl (C=O) groups is 1. The largest absolute Gasteiger partial charge is 0.484 e. The fourth-order valence-corrected chi connectivity index (χ4v) is 3.49. The van der Waals surface area contributed by atoms with E-state index in [1.54, 1.807) is 24.5 Å². The maximum absolute atomic E-state index is 12.8. The van der Waals surface area contributed by atoms with E-state index in [1.807, 2.05) is 0 Å². The van der Waals surface area contributed by atoms with Gasteiger partial charge in [0.05, 0.1) is 17.6 Å². The van der Waals surface area contributed by atoms with Crippen molar-refractivity contribution in [2.24, 2.45) is 11.8 Å². The third-order valence-corrected chi connectivity index (χ3v) is 5.61. The molecule has 0 saturated heterocycles. The second-order valence-corrected chi connectivity index (χ2v) is 8.80. The minimum atomic E-state index is -4.40. The molecule has 0 radical (unpaired) electrons. The van der Waals surface area contributed by atoms with Crippen LogP contribution in [0.25, 0.3) is 16.9 Å². The molecule has 2 fully saturated rings. The predicted octanol–water partition coefficient (Wildman–Crippen LogP) is 4.39. The lowest BCUT2D eigenvalue weighted by molar-refractivity contribution is -0.153. The number of hydrogen-bond acceptors (Lipinski definition) is 5. The Morgan fingerprint density at radius 3 is 2.34 bits per heavy atom. The van der Waals surface area contributed by atoms with E-state index < -0.39 is 18.8 Å². The molecule has 2 aromatic heterocycles. The summed E-state index contributed by atoms with van der Waals surface area (Å²) in [6.45, 7) is -1.36. The Morgan fingerprint density at radius 2 is 1.83 bits per heavy atom. The first-order chi connectivity index (χ1) is 16.7. The van der Waals surface area contributed by atoms with Crippen molar-refractivity contribution in [3.05, 3.63) is 58.9 Å². The Labute approximate surface area is 198 Å². The summed E-state index contributed by atoms with van der Waals surface area (Å²) in [5.74, 6) is 1.07. The van der Waals surface area contributed by atoms with Gasteiger partial charge in [-0.25, -0.2) is 4.98 Å². The van der Waals surface area contributed by atoms with Crippen LogP contribution in [0.15, 0.2) is 47.5 Å². The van der Waals surface area contributed by atoms with Crippen molar-refractivity contribution < 1.29 is 27.8 Å². The first-order valence-corrected chi connectivity index (χ1v) is 11.3. The Morgan fingerprint density at radius 1 is 1.14 bits per heavy atom. The normalized spacial score (nSPS) is 15.3. The number of rotatable bonds is 8. The molecule has 3 aromatic rings. The molecule has 2 saturated carbocycles. The number of nitrogens with one attached hydrogen (secondary N) is 1. The molecule has 0 atom stereocenters. The second-order valence-electron chi connectivity index (χ2n) is 8.80. The maximum Gasteiger partial charge on any atom is 0.422 e. The number of ether oxygens (including phenoxy) is 1. The number of aliphatic carboxylic acids is 1. The van der Waals surface area contributed by atoms with Gasteiger partial charge >= 0.3 is 12.1 Å². The van der Waals surface area contributed by atoms with Gasteiger partial charge in [0, 0.05) is 30.7 Å². The van der Waals surface area contributed by atoms with Gasteiger partial charge < -0.3 is 9.84 Å². The molecule has 1 aromatic carbocycles. The summed E-state index contributed by atoms with van der Waals surface area (Å²) >= 11 is 0. The van der Waals surface area contributed by atoms with Crippen LogP contribution in [0.5, 0.6) is 5.75 Å². The van der Waals surface area contributed by atoms with E-state index >= 15 is 0 Å². The van der Waals surface area contributed by atoms with Gasteiger partial charge in [0.25, 0.3) is 5.56 Å². The first kappa shape index (κ1) is 24.5. The molecule has 11 heteroatoms. The Bertz CT molecular complexity index is 1200. The van der Waals surface area contributed by atoms with Crippen molar-refractivity contribution >= 4 is 5.97 Å². The molecule has 0 spiro atoms. The third-order valence-electron chi connectivity index (χ3n) is 5.61. The molecule has 0 amide bonds. The second kappa shape index (κ2) is 10.3. The Balaban J connectivity index is 0.000000356. The van der Waals surface area contributed by atoms with Gasteiger partial charge in [0.15, 0.2) is 6.61 Å². The lowest BCUT2D eigenvalue weighted by Crippen LogP contribution is -2.24. The summed E-state index contributed by atoms with van der Waals surface area (Å²) in [6.07, 6.45) is 4.36. The number of aromatic amines is 1. The van der Waals surface area contributed by atoms with Crippen LogP contribution in [-0.2, 0) is 11.2 Å². The van der Waals surface area contributed by atoms with E-state index in [1.165, 1.54) is 22.8 Å². The molecular weight excluding hydrogens is 465 g/mol. The molecule has 5 rings (SSSR count). The van der Waals surface area contributed by atoms with Crippen molar-refractivity contribution in [2.45, 2.75) is 44.7 Å². The van der Waals surface area contributed by atoms with Crippen molar-refractivity contribution in [2.75, 3.05) is 6.61 Å². The molecule has 0 bridgehead atoms. The van der Waals surface area contributed by atoms with Crippen LogP contribution in [0, 0.1) is 11.8 Å². The standard InChI is InChI=1S/C19H17F3N4O2.C5H8O2/c20-19(21,22)11-28-15-5-3-14(4-6-15)26-17(7-12-1-2-12)25-16(8-18(26)27)13-9-23-24-10-13;6-5(7)3-4-1-2-4/h3-6,8-10,12H,1-2,7,11H2,(H,23,24);4H,1-3H2,(H,6,7). The van der Waals surface area contributed by atoms with Crippen LogP contribution in [0.1, 0.15) is 37.9 Å². The van der Waals surface area contributed by atoms with Crippen molar-refractivity contribution in [1.29, 1.82) is 0 Å². The first-order valence-electron chi connectivity index (χ1n) is 11.3. The Kier molecular flexibility index (Phi) is 7.23. The fraction of sp³-hybridized carbons (Fsp3) is 0.417. The van der Waals surface area contributed by atoms with Gasteiger partial charge in [-0.05, 0) is 61.8 Å². The molecule has 2 aliphatic carbocycles. The average molecular weight is 490 g/mol. The van der Waals surface area contributed by atoms with E-state index in [0.717, 1.165) is 31.2 Å². The molecule has 186 valence electrons. The highest BCUT2D eigenvalue weighted by molar-refractivity contribution is 5.67. The smallest absolute Gasteiger partial charge is 0.422 e. The molecule has 0 aliphatic heterocycles. The number of alkyl halides is 3. The average Bonchev–Trinajstić information content (AvgIpc) is 3.72. The highest BCUT2D eigenvalue weighted by Crippen LogP contribution is 2.33. The van der Waals surface area contributed by atoms with Crippen LogP contribution < -0.4 is 10.3 Å². The lowest BCUT2D eigenvalue weighted by Gasteiger charge is -2.14. The number of H-pyrrole nitrogens is 1. The summed E-state index contributed by atoms with van der Waals surface area (Å²) in [7, 11) is 0. The lowest BCUT2D eigenvalue weighted by atomic mass is 10.2. The van der Waals surface area contributed by atoms with Crippen molar-refractivity contribution in [3.8, 4) is 22.7 Å². The zero-order chi connectivity index (χ0) is 25.0. The quantitative estimate of drug-likeness (QED) is 0.485. The maximum atomic E-state index is 12.8. The minimum Gasteiger partial charge on any atom is -0.484 e. The molecule has 2 heterocycles. The SMILES string of the molecule is O=C(O)CC1CC1.O=c1cc(-c2cn[nH]c2)nc(CC2CC2)n1-c1ccc(OCC(F)(F)F)cc1. The van der Waals surface area contributed by atoms with Crippen molar-refractivity contribution in [3.63, 3.8) is 0 Å². The molecule has 2 aliphatic rings. The summed E-state index contributed by atoms with van der Waals surface area (Å²) < 4.78 is 43.1. The molecule has 35 heavy (non-hydrogen) atoms. The number of carboxylic acid groups (broad SMARTS) is 1. The molecule has 2 N–H and O–H groups in total. The minimum absolute atomic E-state index is 0.0841. The molecule has 0 unspecified atom stereocenters. The van der Waals surface area contributed by atoms with Gasteiger partial charge in [-0.2, -0.15) is 18.3 Å². The van der Waals surface area contributed by atoms with Gasteiger partial charge in [0.2, 0.25) is 0 Å². The number of benzene rings is 1. The van der Waals surface area contributed by atoms with E-state index in [2.05, 4.69) is 15.2 Å². The van der Waals surface area contributed by atoms with E-state index in [4.69, 9.17) is 9.84 Å². The number of nitrogens with zero attached hydrogens (tertiary/aromatic N) is 3. The molecular formula is C24H25F3N4O4. The van der Waals surface area contributed by atoms with E-state index in [9.17, 15) is 22.8 Å². The summed E-state index contributed by atoms with van der Waals surface area (Å²) in [5.41, 5.74) is 1.53. The summed E-state index contributed by atoms with van der Waals surface area (Å²) in [4.78, 5) is 27.3. The van der Waals surface area contributed by atoms with Gasteiger partial charge in [-0.15, -0.1) is 0 Å². The van der Waals surface area contributed by atoms with Crippen LogP contribution in [-0.4, -0.2) is 43.6 Å². The topological polar surface area (TPSA) is 110 Å². The zero-order valence-corrected chi connectivity index (χ0v) is 18.8. The fourth-order valence-electron chi connectivity index (χ4n) is 3.49. The summed E-state index contributed by atoms with van der Waals surface area (Å²) in [6, 6.07) is 7.37. The van der Waals surface area contributed by atoms with E-state index in [-0.39, 0.29) is 11.3 Å². The van der Waals surface area contributed by atoms with Crippen molar-refractivity contribution in [1.82, 2.24) is 19.7 Å². The number of carboxylic acids is 1. The van der Waals surface area contributed by atoms with Gasteiger partial charge in [-0.3, -0.25) is 19.3 Å². The van der Waals surface area contributed by atoms with Crippen LogP contribution >= 0.6 is 0 Å². The predicted molar refractivity (Wildman–Crippen MR) is 120 cm³/mol. The summed E-state index contributed by atoms with van der Waals surface area (Å²) in [5, 5.41) is 14.7. The van der Waals surface area contributed by atoms with Crippen LogP contribution in [0.2, 0.25) is 0 Å². The highest BCUT2D eigenvalue weighted by Gasteiger charge is 2.28. The highest BCUT2D eigenvalue weighted by atomic mass is 19.4. The van der Waals surface area contributed by atoms with Gasteiger partial charge in [-0.1, -0.05) is 0 Å². The monoisotopic (exact) mass is 490 g/mol. The Hall–Kier alpha value is -3.63.